The van der Waals surface area contributed by atoms with Gasteiger partial charge in [0, 0.05) is 5.54 Å². The quantitative estimate of drug-likeness (QED) is 0.669. The van der Waals surface area contributed by atoms with Crippen LogP contribution < -0.4 is 0 Å². The van der Waals surface area contributed by atoms with Crippen molar-refractivity contribution in [3.63, 3.8) is 0 Å². The van der Waals surface area contributed by atoms with Crippen molar-refractivity contribution in [1.29, 1.82) is 0 Å². The number of ether oxygens (including phenoxy) is 1. The lowest BCUT2D eigenvalue weighted by atomic mass is 9.79. The zero-order valence-electron chi connectivity index (χ0n) is 16.5. The maximum Gasteiger partial charge on any atom is 0.262 e. The van der Waals surface area contributed by atoms with Crippen molar-refractivity contribution in [3.8, 4) is 0 Å². The topological polar surface area (TPSA) is 46.6 Å². The van der Waals surface area contributed by atoms with Gasteiger partial charge in [-0.05, 0) is 43.4 Å². The summed E-state index contributed by atoms with van der Waals surface area (Å²) in [5.74, 6) is -0.414. The van der Waals surface area contributed by atoms with Crippen molar-refractivity contribution in [3.05, 3.63) is 71.3 Å². The molecule has 0 radical (unpaired) electrons. The predicted octanol–water partition coefficient (Wildman–Crippen LogP) is 4.69. The smallest absolute Gasteiger partial charge is 0.262 e. The van der Waals surface area contributed by atoms with Crippen molar-refractivity contribution < 1.29 is 14.3 Å². The summed E-state index contributed by atoms with van der Waals surface area (Å²) in [7, 11) is 0. The third-order valence-electron chi connectivity index (χ3n) is 4.91. The minimum absolute atomic E-state index is 0.187. The number of carbonyl (C=O) groups excluding carboxylic acids is 2. The average Bonchev–Trinajstić information content (AvgIpc) is 2.87. The van der Waals surface area contributed by atoms with Crippen molar-refractivity contribution in [2.75, 3.05) is 6.61 Å². The van der Waals surface area contributed by atoms with Gasteiger partial charge < -0.3 is 4.74 Å². The van der Waals surface area contributed by atoms with Crippen LogP contribution in [0.4, 0.5) is 0 Å². The number of imide groups is 1. The van der Waals surface area contributed by atoms with Crippen molar-refractivity contribution >= 4 is 11.8 Å². The summed E-state index contributed by atoms with van der Waals surface area (Å²) in [5.41, 5.74) is 1.33. The van der Waals surface area contributed by atoms with Crippen LogP contribution in [0, 0.1) is 5.41 Å². The highest BCUT2D eigenvalue weighted by Crippen LogP contribution is 2.37. The molecule has 142 valence electrons. The molecule has 0 fully saturated rings. The molecule has 0 bridgehead atoms. The first kappa shape index (κ1) is 19.3. The van der Waals surface area contributed by atoms with E-state index in [1.807, 2.05) is 44.2 Å². The molecule has 2 amide bonds. The molecular formula is C23H27NO3. The fraction of sp³-hybridized carbons (Fsp3) is 0.391. The van der Waals surface area contributed by atoms with Crippen LogP contribution in [-0.4, -0.2) is 28.9 Å². The van der Waals surface area contributed by atoms with Gasteiger partial charge in [0.25, 0.3) is 11.8 Å². The fourth-order valence-corrected chi connectivity index (χ4v) is 4.06. The van der Waals surface area contributed by atoms with Gasteiger partial charge in [-0.2, -0.15) is 0 Å². The van der Waals surface area contributed by atoms with Gasteiger partial charge in [-0.3, -0.25) is 14.5 Å². The van der Waals surface area contributed by atoms with E-state index in [2.05, 4.69) is 13.8 Å². The highest BCUT2D eigenvalue weighted by atomic mass is 16.5. The molecule has 2 aromatic rings. The first-order valence-corrected chi connectivity index (χ1v) is 9.31. The molecule has 1 aliphatic rings. The molecule has 0 aromatic heterocycles. The fourth-order valence-electron chi connectivity index (χ4n) is 4.06. The Morgan fingerprint density at radius 2 is 1.33 bits per heavy atom. The molecule has 0 saturated carbocycles. The lowest BCUT2D eigenvalue weighted by molar-refractivity contribution is 0.0114. The molecule has 0 N–H and O–H groups in total. The van der Waals surface area contributed by atoms with Crippen molar-refractivity contribution in [1.82, 2.24) is 4.90 Å². The van der Waals surface area contributed by atoms with Gasteiger partial charge in [0.2, 0.25) is 0 Å². The second kappa shape index (κ2) is 7.28. The number of fused-ring (bicyclic) bond motifs is 1. The Kier molecular flexibility index (Phi) is 5.20. The van der Waals surface area contributed by atoms with E-state index in [1.54, 1.807) is 24.3 Å². The van der Waals surface area contributed by atoms with Crippen molar-refractivity contribution in [2.45, 2.75) is 46.3 Å². The minimum atomic E-state index is -0.604. The number of hydrogen-bond acceptors (Lipinski definition) is 3. The van der Waals surface area contributed by atoms with Crippen molar-refractivity contribution in [2.24, 2.45) is 5.41 Å². The summed E-state index contributed by atoms with van der Waals surface area (Å²) in [4.78, 5) is 27.0. The van der Waals surface area contributed by atoms with Crippen LogP contribution >= 0.6 is 0 Å². The Balaban J connectivity index is 1.66. The van der Waals surface area contributed by atoms with Gasteiger partial charge in [-0.1, -0.05) is 56.3 Å². The Morgan fingerprint density at radius 1 is 0.815 bits per heavy atom. The molecule has 0 aliphatic carbocycles. The molecule has 4 nitrogen and oxygen atoms in total. The first-order chi connectivity index (χ1) is 12.7. The molecular weight excluding hydrogens is 338 g/mol. The number of rotatable bonds is 7. The number of amides is 2. The monoisotopic (exact) mass is 365 g/mol. The molecule has 3 rings (SSSR count). The van der Waals surface area contributed by atoms with E-state index in [-0.39, 0.29) is 17.2 Å². The average molecular weight is 365 g/mol. The van der Waals surface area contributed by atoms with E-state index < -0.39 is 5.54 Å². The molecule has 0 atom stereocenters. The van der Waals surface area contributed by atoms with Crippen LogP contribution in [0.2, 0.25) is 0 Å². The van der Waals surface area contributed by atoms with Crippen LogP contribution in [0.1, 0.15) is 60.4 Å². The number of nitrogens with zero attached hydrogens (tertiary/aromatic N) is 1. The largest absolute Gasteiger partial charge is 0.376 e. The number of benzene rings is 2. The number of carbonyl (C=O) groups is 2. The molecule has 4 heteroatoms. The third-order valence-corrected chi connectivity index (χ3v) is 4.91. The summed E-state index contributed by atoms with van der Waals surface area (Å²) in [6.07, 6.45) is 0.653. The highest BCUT2D eigenvalue weighted by molar-refractivity contribution is 6.21. The molecule has 2 aromatic carbocycles. The second-order valence-electron chi connectivity index (χ2n) is 8.62. The van der Waals surface area contributed by atoms with E-state index in [9.17, 15) is 9.59 Å². The van der Waals surface area contributed by atoms with Gasteiger partial charge in [-0.25, -0.2) is 0 Å². The molecule has 0 unspecified atom stereocenters. The summed E-state index contributed by atoms with van der Waals surface area (Å²) in [6, 6.07) is 17.1. The summed E-state index contributed by atoms with van der Waals surface area (Å²) < 4.78 is 5.92. The highest BCUT2D eigenvalue weighted by Gasteiger charge is 2.45. The summed E-state index contributed by atoms with van der Waals surface area (Å²) in [6.45, 7) is 9.23. The maximum atomic E-state index is 12.8. The lowest BCUT2D eigenvalue weighted by Crippen LogP contribution is -2.50. The Hall–Kier alpha value is -2.46. The second-order valence-corrected chi connectivity index (χ2v) is 8.62. The Labute approximate surface area is 161 Å². The van der Waals surface area contributed by atoms with E-state index in [0.29, 0.717) is 30.8 Å². The van der Waals surface area contributed by atoms with Gasteiger partial charge in [-0.15, -0.1) is 0 Å². The standard InChI is InChI=1S/C23H27NO3/c1-22(2,16-27-14-17-10-6-5-7-11-17)15-23(3,4)24-20(25)18-12-8-9-13-19(18)21(24)26/h5-13H,14-16H2,1-4H3. The zero-order valence-corrected chi connectivity index (χ0v) is 16.5. The molecule has 1 aliphatic heterocycles. The van der Waals surface area contributed by atoms with Crippen LogP contribution in [0.3, 0.4) is 0 Å². The first-order valence-electron chi connectivity index (χ1n) is 9.31. The number of hydrogen-bond donors (Lipinski definition) is 0. The summed E-state index contributed by atoms with van der Waals surface area (Å²) >= 11 is 0. The zero-order chi connectivity index (χ0) is 19.7. The normalized spacial score (nSPS) is 14.6. The van der Waals surface area contributed by atoms with Gasteiger partial charge >= 0.3 is 0 Å². The molecule has 0 spiro atoms. The third kappa shape index (κ3) is 4.11. The van der Waals surface area contributed by atoms with Gasteiger partial charge in [0.15, 0.2) is 0 Å². The van der Waals surface area contributed by atoms with Gasteiger partial charge in [0.05, 0.1) is 24.3 Å². The minimum Gasteiger partial charge on any atom is -0.376 e. The Bertz CT molecular complexity index is 805. The Morgan fingerprint density at radius 3 is 1.89 bits per heavy atom. The van der Waals surface area contributed by atoms with Crippen LogP contribution in [0.5, 0.6) is 0 Å². The SMILES string of the molecule is CC(C)(COCc1ccccc1)CC(C)(C)N1C(=O)c2ccccc2C1=O. The lowest BCUT2D eigenvalue weighted by Gasteiger charge is -2.40. The van der Waals surface area contributed by atoms with E-state index in [0.717, 1.165) is 5.56 Å². The van der Waals surface area contributed by atoms with Gasteiger partial charge in [0.1, 0.15) is 0 Å². The molecule has 1 heterocycles. The molecule has 0 saturated heterocycles. The van der Waals surface area contributed by atoms with Crippen LogP contribution in [0.25, 0.3) is 0 Å². The van der Waals surface area contributed by atoms with E-state index >= 15 is 0 Å². The van der Waals surface area contributed by atoms with Crippen LogP contribution in [0.15, 0.2) is 54.6 Å². The van der Waals surface area contributed by atoms with E-state index in [1.165, 1.54) is 4.90 Å². The predicted molar refractivity (Wildman–Crippen MR) is 106 cm³/mol. The van der Waals surface area contributed by atoms with E-state index in [4.69, 9.17) is 4.74 Å². The van der Waals surface area contributed by atoms with Crippen LogP contribution in [-0.2, 0) is 11.3 Å². The summed E-state index contributed by atoms with van der Waals surface area (Å²) in [5, 5.41) is 0. The maximum absolute atomic E-state index is 12.8. The molecule has 27 heavy (non-hydrogen) atoms.